The third-order valence-electron chi connectivity index (χ3n) is 2.71. The smallest absolute Gasteiger partial charge is 0.340 e. The van der Waals surface area contributed by atoms with Gasteiger partial charge in [-0.3, -0.25) is 0 Å². The molecule has 0 spiro atoms. The van der Waals surface area contributed by atoms with Crippen LogP contribution in [-0.4, -0.2) is 22.6 Å². The largest absolute Gasteiger partial charge is 0.493 e. The Balaban J connectivity index is 2.45. The lowest BCUT2D eigenvalue weighted by molar-refractivity contribution is 0.353. The minimum Gasteiger partial charge on any atom is -0.493 e. The van der Waals surface area contributed by atoms with Crippen molar-refractivity contribution < 1.29 is 22.1 Å². The Labute approximate surface area is 151 Å². The van der Waals surface area contributed by atoms with Gasteiger partial charge in [0.1, 0.15) is 10.6 Å². The van der Waals surface area contributed by atoms with Gasteiger partial charge in [0.15, 0.2) is 11.5 Å². The van der Waals surface area contributed by atoms with E-state index in [-0.39, 0.29) is 10.6 Å². The van der Waals surface area contributed by atoms with Crippen molar-refractivity contribution >= 4 is 48.6 Å². The predicted octanol–water partition coefficient (Wildman–Crippen LogP) is 3.84. The maximum absolute atomic E-state index is 12.5. The lowest BCUT2D eigenvalue weighted by Gasteiger charge is -2.13. The van der Waals surface area contributed by atoms with Crippen LogP contribution in [0.25, 0.3) is 0 Å². The zero-order chi connectivity index (χ0) is 16.3. The second-order valence-electron chi connectivity index (χ2n) is 4.13. The quantitative estimate of drug-likeness (QED) is 0.463. The van der Waals surface area contributed by atoms with E-state index in [1.54, 1.807) is 18.2 Å². The first kappa shape index (κ1) is 17.4. The third kappa shape index (κ3) is 3.85. The van der Waals surface area contributed by atoms with Crippen LogP contribution in [0.4, 0.5) is 0 Å². The van der Waals surface area contributed by atoms with Gasteiger partial charge in [-0.1, -0.05) is 6.07 Å². The van der Waals surface area contributed by atoms with Crippen LogP contribution in [0.5, 0.6) is 17.2 Å². The molecule has 0 bridgehead atoms. The first-order valence-electron chi connectivity index (χ1n) is 5.99. The molecule has 0 radical (unpaired) electrons. The predicted molar refractivity (Wildman–Crippen MR) is 94.2 cm³/mol. The van der Waals surface area contributed by atoms with Crippen molar-refractivity contribution in [3.05, 3.63) is 44.4 Å². The van der Waals surface area contributed by atoms with Crippen LogP contribution < -0.4 is 13.7 Å². The molecule has 8 heteroatoms. The Morgan fingerprint density at radius 1 is 1.05 bits per heavy atom. The molecule has 2 aromatic rings. The number of halogens is 2. The van der Waals surface area contributed by atoms with Crippen molar-refractivity contribution in [2.45, 2.75) is 4.90 Å². The molecule has 22 heavy (non-hydrogen) atoms. The van der Waals surface area contributed by atoms with E-state index in [1.165, 1.54) is 26.4 Å². The van der Waals surface area contributed by atoms with Crippen molar-refractivity contribution in [2.75, 3.05) is 14.2 Å². The molecular weight excluding hydrogens is 487 g/mol. The second kappa shape index (κ2) is 7.05. The van der Waals surface area contributed by atoms with Crippen molar-refractivity contribution in [3.8, 4) is 17.2 Å². The molecule has 0 atom stereocenters. The SMILES string of the molecule is COc1cc(Br)c(S(=O)(=O)Oc2cccc(I)c2)cc1OC. The van der Waals surface area contributed by atoms with E-state index in [9.17, 15) is 8.42 Å². The fourth-order valence-electron chi connectivity index (χ4n) is 1.72. The van der Waals surface area contributed by atoms with E-state index in [2.05, 4.69) is 38.5 Å². The molecule has 0 unspecified atom stereocenters. The number of rotatable bonds is 5. The van der Waals surface area contributed by atoms with Gasteiger partial charge in [-0.2, -0.15) is 8.42 Å². The Hall–Kier alpha value is -1.00. The van der Waals surface area contributed by atoms with Gasteiger partial charge in [0, 0.05) is 14.1 Å². The van der Waals surface area contributed by atoms with Crippen LogP contribution in [0, 0.1) is 3.57 Å². The lowest BCUT2D eigenvalue weighted by atomic mass is 10.3. The second-order valence-corrected chi connectivity index (χ2v) is 7.75. The van der Waals surface area contributed by atoms with Gasteiger partial charge >= 0.3 is 10.1 Å². The fourth-order valence-corrected chi connectivity index (χ4v) is 4.15. The van der Waals surface area contributed by atoms with Crippen LogP contribution in [-0.2, 0) is 10.1 Å². The van der Waals surface area contributed by atoms with Crippen LogP contribution in [0.2, 0.25) is 0 Å². The zero-order valence-electron chi connectivity index (χ0n) is 11.7. The van der Waals surface area contributed by atoms with E-state index in [0.717, 1.165) is 3.57 Å². The summed E-state index contributed by atoms with van der Waals surface area (Å²) in [6.07, 6.45) is 0. The average molecular weight is 499 g/mol. The minimum absolute atomic E-state index is 0.0380. The summed E-state index contributed by atoms with van der Waals surface area (Å²) in [5.74, 6) is 0.965. The molecule has 0 fully saturated rings. The van der Waals surface area contributed by atoms with Crippen LogP contribution in [0.1, 0.15) is 0 Å². The summed E-state index contributed by atoms with van der Waals surface area (Å²) in [6.45, 7) is 0. The maximum atomic E-state index is 12.5. The van der Waals surface area contributed by atoms with Gasteiger partial charge in [0.25, 0.3) is 0 Å². The molecule has 2 rings (SSSR count). The van der Waals surface area contributed by atoms with E-state index in [0.29, 0.717) is 16.0 Å². The highest BCUT2D eigenvalue weighted by Gasteiger charge is 2.23. The summed E-state index contributed by atoms with van der Waals surface area (Å²) < 4.78 is 41.5. The van der Waals surface area contributed by atoms with Crippen LogP contribution >= 0.6 is 38.5 Å². The first-order chi connectivity index (χ1) is 10.4. The molecule has 0 N–H and O–H groups in total. The first-order valence-corrected chi connectivity index (χ1v) is 9.27. The number of ether oxygens (including phenoxy) is 2. The molecule has 0 heterocycles. The normalized spacial score (nSPS) is 11.1. The van der Waals surface area contributed by atoms with E-state index < -0.39 is 10.1 Å². The number of benzene rings is 2. The van der Waals surface area contributed by atoms with E-state index in [4.69, 9.17) is 13.7 Å². The van der Waals surface area contributed by atoms with Gasteiger partial charge < -0.3 is 13.7 Å². The Morgan fingerprint density at radius 3 is 2.27 bits per heavy atom. The number of hydrogen-bond acceptors (Lipinski definition) is 5. The van der Waals surface area contributed by atoms with Crippen molar-refractivity contribution in [1.82, 2.24) is 0 Å². The minimum atomic E-state index is -4.00. The summed E-state index contributed by atoms with van der Waals surface area (Å²) >= 11 is 5.30. The van der Waals surface area contributed by atoms with Gasteiger partial charge in [-0.05, 0) is 62.8 Å². The summed E-state index contributed by atoms with van der Waals surface area (Å²) in [7, 11) is -1.10. The third-order valence-corrected chi connectivity index (χ3v) is 5.59. The highest BCUT2D eigenvalue weighted by Crippen LogP contribution is 2.36. The molecular formula is C14H12BrIO5S. The van der Waals surface area contributed by atoms with Crippen molar-refractivity contribution in [1.29, 1.82) is 0 Å². The molecule has 0 aliphatic carbocycles. The molecule has 5 nitrogen and oxygen atoms in total. The lowest BCUT2D eigenvalue weighted by Crippen LogP contribution is -2.11. The monoisotopic (exact) mass is 498 g/mol. The van der Waals surface area contributed by atoms with Gasteiger partial charge in [-0.25, -0.2) is 0 Å². The van der Waals surface area contributed by atoms with Crippen molar-refractivity contribution in [2.24, 2.45) is 0 Å². The van der Waals surface area contributed by atoms with Crippen molar-refractivity contribution in [3.63, 3.8) is 0 Å². The number of methoxy groups -OCH3 is 2. The molecule has 118 valence electrons. The Kier molecular flexibility index (Phi) is 5.56. The Morgan fingerprint density at radius 2 is 1.68 bits per heavy atom. The van der Waals surface area contributed by atoms with Crippen LogP contribution in [0.15, 0.2) is 45.8 Å². The Bertz CT molecular complexity index is 792. The molecule has 0 saturated carbocycles. The van der Waals surface area contributed by atoms with E-state index in [1.807, 2.05) is 6.07 Å². The standard InChI is InChI=1S/C14H12BrIO5S/c1-19-12-7-11(15)14(8-13(12)20-2)22(17,18)21-10-5-3-4-9(16)6-10/h3-8H,1-2H3. The van der Waals surface area contributed by atoms with Crippen LogP contribution in [0.3, 0.4) is 0 Å². The molecule has 0 amide bonds. The molecule has 0 aliphatic heterocycles. The zero-order valence-corrected chi connectivity index (χ0v) is 16.2. The highest BCUT2D eigenvalue weighted by atomic mass is 127. The molecule has 0 saturated heterocycles. The molecule has 0 aromatic heterocycles. The summed E-state index contributed by atoms with van der Waals surface area (Å²) in [5.41, 5.74) is 0. The summed E-state index contributed by atoms with van der Waals surface area (Å²) in [4.78, 5) is -0.0380. The molecule has 0 aliphatic rings. The summed E-state index contributed by atoms with van der Waals surface area (Å²) in [5, 5.41) is 0. The topological polar surface area (TPSA) is 61.8 Å². The maximum Gasteiger partial charge on any atom is 0.340 e. The fraction of sp³-hybridized carbons (Fsp3) is 0.143. The molecule has 2 aromatic carbocycles. The van der Waals surface area contributed by atoms with Gasteiger partial charge in [0.05, 0.1) is 14.2 Å². The van der Waals surface area contributed by atoms with E-state index >= 15 is 0 Å². The number of hydrogen-bond donors (Lipinski definition) is 0. The summed E-state index contributed by atoms with van der Waals surface area (Å²) in [6, 6.07) is 9.64. The van der Waals surface area contributed by atoms with Gasteiger partial charge in [-0.15, -0.1) is 0 Å². The highest BCUT2D eigenvalue weighted by molar-refractivity contribution is 14.1. The van der Waals surface area contributed by atoms with Gasteiger partial charge in [0.2, 0.25) is 0 Å². The average Bonchev–Trinajstić information content (AvgIpc) is 2.46.